The van der Waals surface area contributed by atoms with Crippen LogP contribution in [0.2, 0.25) is 0 Å². The lowest BCUT2D eigenvalue weighted by atomic mass is 10.2. The van der Waals surface area contributed by atoms with E-state index in [0.717, 1.165) is 0 Å². The van der Waals surface area contributed by atoms with Gasteiger partial charge in [0.05, 0.1) is 4.47 Å². The number of halogens is 2. The van der Waals surface area contributed by atoms with Crippen LogP contribution in [-0.4, -0.2) is 14.9 Å². The van der Waals surface area contributed by atoms with E-state index in [1.54, 1.807) is 6.92 Å². The molecule has 1 atom stereocenters. The molecule has 0 radical (unpaired) electrons. The highest BCUT2D eigenvalue weighted by Crippen LogP contribution is 2.31. The molecule has 2 rings (SSSR count). The Hall–Kier alpha value is -2.09. The molecule has 0 bridgehead atoms. The number of hydrogen-bond acceptors (Lipinski definition) is 5. The molecule has 6 nitrogen and oxygen atoms in total. The van der Waals surface area contributed by atoms with Crippen LogP contribution in [-0.2, 0) is 0 Å². The Kier molecular flexibility index (Phi) is 4.23. The van der Waals surface area contributed by atoms with Crippen molar-refractivity contribution in [2.45, 2.75) is 13.0 Å². The Labute approximate surface area is 121 Å². The van der Waals surface area contributed by atoms with E-state index in [9.17, 15) is 14.5 Å². The third kappa shape index (κ3) is 3.08. The van der Waals surface area contributed by atoms with Crippen molar-refractivity contribution in [3.8, 4) is 5.75 Å². The van der Waals surface area contributed by atoms with Gasteiger partial charge < -0.3 is 14.9 Å². The molecule has 20 heavy (non-hydrogen) atoms. The predicted molar refractivity (Wildman–Crippen MR) is 71.8 cm³/mol. The molecule has 0 aliphatic heterocycles. The van der Waals surface area contributed by atoms with Crippen LogP contribution in [0.3, 0.4) is 0 Å². The zero-order valence-corrected chi connectivity index (χ0v) is 11.9. The molecule has 104 valence electrons. The van der Waals surface area contributed by atoms with Gasteiger partial charge in [0, 0.05) is 12.3 Å². The molecular formula is C12H9BrFN3O3. The van der Waals surface area contributed by atoms with Crippen molar-refractivity contribution in [2.24, 2.45) is 0 Å². The fourth-order valence-electron chi connectivity index (χ4n) is 1.58. The molecule has 0 aromatic carbocycles. The summed E-state index contributed by atoms with van der Waals surface area (Å²) in [6.07, 6.45) is 1.93. The number of pyridine rings is 2. The molecule has 0 aliphatic rings. The topological polar surface area (TPSA) is 78.2 Å². The van der Waals surface area contributed by atoms with Gasteiger partial charge in [-0.05, 0) is 44.9 Å². The Morgan fingerprint density at radius 3 is 2.90 bits per heavy atom. The molecule has 1 unspecified atom stereocenters. The minimum absolute atomic E-state index is 0.0538. The summed E-state index contributed by atoms with van der Waals surface area (Å²) in [6, 6.07) is 4.10. The second-order valence-corrected chi connectivity index (χ2v) is 4.78. The zero-order valence-electron chi connectivity index (χ0n) is 10.3. The van der Waals surface area contributed by atoms with Crippen LogP contribution in [0.25, 0.3) is 0 Å². The van der Waals surface area contributed by atoms with Crippen LogP contribution in [0.5, 0.6) is 5.75 Å². The van der Waals surface area contributed by atoms with E-state index < -0.39 is 22.7 Å². The second-order valence-electron chi connectivity index (χ2n) is 3.86. The monoisotopic (exact) mass is 341 g/mol. The lowest BCUT2D eigenvalue weighted by Gasteiger charge is -2.14. The van der Waals surface area contributed by atoms with Gasteiger partial charge in [-0.1, -0.05) is 0 Å². The normalized spacial score (nSPS) is 11.9. The van der Waals surface area contributed by atoms with E-state index in [1.807, 2.05) is 0 Å². The summed E-state index contributed by atoms with van der Waals surface area (Å²) in [6.45, 7) is 1.55. The van der Waals surface area contributed by atoms with Crippen molar-refractivity contribution in [1.29, 1.82) is 0 Å². The van der Waals surface area contributed by atoms with Crippen LogP contribution < -0.4 is 4.74 Å². The Balaban J connectivity index is 2.32. The summed E-state index contributed by atoms with van der Waals surface area (Å²) in [5, 5.41) is 10.9. The number of aromatic nitrogens is 2. The molecule has 0 amide bonds. The first kappa shape index (κ1) is 14.3. The Morgan fingerprint density at radius 2 is 2.25 bits per heavy atom. The third-order valence-electron chi connectivity index (χ3n) is 2.45. The minimum atomic E-state index is -0.786. The van der Waals surface area contributed by atoms with E-state index in [1.165, 1.54) is 30.6 Å². The van der Waals surface area contributed by atoms with Gasteiger partial charge in [-0.15, -0.1) is 0 Å². The maximum absolute atomic E-state index is 13.6. The highest BCUT2D eigenvalue weighted by Gasteiger charge is 2.22. The van der Waals surface area contributed by atoms with E-state index in [2.05, 4.69) is 25.9 Å². The molecule has 0 fully saturated rings. The number of hydrogen-bond donors (Lipinski definition) is 0. The molecule has 8 heteroatoms. The Morgan fingerprint density at radius 1 is 1.50 bits per heavy atom. The predicted octanol–water partition coefficient (Wildman–Crippen LogP) is 3.43. The molecule has 2 aromatic heterocycles. The van der Waals surface area contributed by atoms with Crippen LogP contribution in [0, 0.1) is 15.9 Å². The van der Waals surface area contributed by atoms with E-state index in [0.29, 0.717) is 4.47 Å². The first-order valence-electron chi connectivity index (χ1n) is 5.56. The van der Waals surface area contributed by atoms with Crippen molar-refractivity contribution >= 4 is 21.7 Å². The zero-order chi connectivity index (χ0) is 14.7. The largest absolute Gasteiger partial charge is 0.476 e. The average Bonchev–Trinajstić information content (AvgIpc) is 2.38. The first-order valence-corrected chi connectivity index (χ1v) is 6.35. The van der Waals surface area contributed by atoms with Gasteiger partial charge in [0.25, 0.3) is 0 Å². The number of nitrogens with zero attached hydrogens (tertiary/aromatic N) is 3. The SMILES string of the molecule is CC(Oc1cc(Br)cnc1[N+](=O)[O-])c1ncccc1F. The molecule has 2 aromatic rings. The maximum Gasteiger partial charge on any atom is 0.406 e. The summed E-state index contributed by atoms with van der Waals surface area (Å²) in [5.74, 6) is -1.02. The summed E-state index contributed by atoms with van der Waals surface area (Å²) < 4.78 is 19.5. The quantitative estimate of drug-likeness (QED) is 0.628. The smallest absolute Gasteiger partial charge is 0.406 e. The van der Waals surface area contributed by atoms with Gasteiger partial charge in [-0.25, -0.2) is 4.39 Å². The van der Waals surface area contributed by atoms with E-state index in [-0.39, 0.29) is 11.4 Å². The molecule has 0 saturated heterocycles. The molecule has 2 heterocycles. The van der Waals surface area contributed by atoms with Crippen LogP contribution in [0.1, 0.15) is 18.7 Å². The standard InChI is InChI=1S/C12H9BrFN3O3/c1-7(11-9(14)3-2-4-15-11)20-10-5-8(13)6-16-12(10)17(18)19/h2-7H,1H3. The van der Waals surface area contributed by atoms with Gasteiger partial charge >= 0.3 is 5.82 Å². The maximum atomic E-state index is 13.6. The molecule has 0 aliphatic carbocycles. The average molecular weight is 342 g/mol. The molecule has 0 saturated carbocycles. The second kappa shape index (κ2) is 5.91. The summed E-state index contributed by atoms with van der Waals surface area (Å²) in [5.41, 5.74) is 0.0711. The lowest BCUT2D eigenvalue weighted by molar-refractivity contribution is -0.390. The third-order valence-corrected chi connectivity index (χ3v) is 2.88. The summed E-state index contributed by atoms with van der Waals surface area (Å²) in [7, 11) is 0. The van der Waals surface area contributed by atoms with E-state index in [4.69, 9.17) is 4.74 Å². The number of rotatable bonds is 4. The fourth-order valence-corrected chi connectivity index (χ4v) is 1.89. The number of ether oxygens (including phenoxy) is 1. The van der Waals surface area contributed by atoms with E-state index >= 15 is 0 Å². The van der Waals surface area contributed by atoms with Crippen molar-refractivity contribution in [3.05, 3.63) is 56.7 Å². The molecule has 0 spiro atoms. The van der Waals surface area contributed by atoms with Crippen LogP contribution >= 0.6 is 15.9 Å². The van der Waals surface area contributed by atoms with Crippen LogP contribution in [0.4, 0.5) is 10.2 Å². The van der Waals surface area contributed by atoms with Gasteiger partial charge in [-0.3, -0.25) is 4.98 Å². The summed E-state index contributed by atoms with van der Waals surface area (Å²) in [4.78, 5) is 17.7. The first-order chi connectivity index (χ1) is 9.49. The van der Waals surface area contributed by atoms with Crippen molar-refractivity contribution in [3.63, 3.8) is 0 Å². The van der Waals surface area contributed by atoms with Gasteiger partial charge in [-0.2, -0.15) is 0 Å². The van der Waals surface area contributed by atoms with Crippen molar-refractivity contribution < 1.29 is 14.1 Å². The fraction of sp³-hybridized carbons (Fsp3) is 0.167. The van der Waals surface area contributed by atoms with Gasteiger partial charge in [0.2, 0.25) is 5.75 Å². The molecular weight excluding hydrogens is 333 g/mol. The molecule has 0 N–H and O–H groups in total. The van der Waals surface area contributed by atoms with Crippen molar-refractivity contribution in [2.75, 3.05) is 0 Å². The highest BCUT2D eigenvalue weighted by atomic mass is 79.9. The van der Waals surface area contributed by atoms with Crippen LogP contribution in [0.15, 0.2) is 35.1 Å². The Bertz CT molecular complexity index is 654. The van der Waals surface area contributed by atoms with Gasteiger partial charge in [0.1, 0.15) is 17.6 Å². The van der Waals surface area contributed by atoms with Gasteiger partial charge in [0.15, 0.2) is 6.20 Å². The summed E-state index contributed by atoms with van der Waals surface area (Å²) >= 11 is 3.15. The lowest BCUT2D eigenvalue weighted by Crippen LogP contribution is -2.09. The minimum Gasteiger partial charge on any atom is -0.476 e. The number of nitro groups is 1. The van der Waals surface area contributed by atoms with Crippen molar-refractivity contribution in [1.82, 2.24) is 9.97 Å². The highest BCUT2D eigenvalue weighted by molar-refractivity contribution is 9.10.